The normalized spacial score (nSPS) is 21.3. The number of fused-ring (bicyclic) bond motifs is 1. The van der Waals surface area contributed by atoms with Gasteiger partial charge in [-0.2, -0.15) is 0 Å². The Kier molecular flexibility index (Phi) is 6.66. The fourth-order valence-electron chi connectivity index (χ4n) is 5.39. The minimum atomic E-state index is -0.0186. The third-order valence-electron chi connectivity index (χ3n) is 7.57. The standard InChI is InChI=1S/C28H34N4O2/c1-18-7-5-6-10-23(18)32-28(34)21-13-16-24-25(17-21)31-26(30-24)19-11-14-22(15-12-19)29-27(33)20-8-3-2-4-9-20/h11-18,20,23H,2-10H2,1H3,(H,29,33)(H,30,31)(H,32,34). The molecule has 0 saturated heterocycles. The summed E-state index contributed by atoms with van der Waals surface area (Å²) >= 11 is 0. The molecule has 2 aromatic carbocycles. The maximum atomic E-state index is 12.8. The number of aromatic nitrogens is 2. The van der Waals surface area contributed by atoms with Gasteiger partial charge in [-0.05, 0) is 74.1 Å². The van der Waals surface area contributed by atoms with Gasteiger partial charge in [-0.1, -0.05) is 39.0 Å². The van der Waals surface area contributed by atoms with E-state index in [4.69, 9.17) is 4.98 Å². The Hall–Kier alpha value is -3.15. The Morgan fingerprint density at radius 3 is 2.41 bits per heavy atom. The van der Waals surface area contributed by atoms with Crippen LogP contribution in [0.5, 0.6) is 0 Å². The van der Waals surface area contributed by atoms with Gasteiger partial charge in [0.15, 0.2) is 0 Å². The Balaban J connectivity index is 1.26. The molecule has 6 nitrogen and oxygen atoms in total. The molecular formula is C28H34N4O2. The third-order valence-corrected chi connectivity index (χ3v) is 7.57. The van der Waals surface area contributed by atoms with Crippen molar-refractivity contribution < 1.29 is 9.59 Å². The molecule has 2 fully saturated rings. The van der Waals surface area contributed by atoms with E-state index in [9.17, 15) is 9.59 Å². The van der Waals surface area contributed by atoms with Crippen molar-refractivity contribution in [2.45, 2.75) is 70.8 Å². The van der Waals surface area contributed by atoms with Gasteiger partial charge in [0.2, 0.25) is 5.91 Å². The number of hydrogen-bond donors (Lipinski definition) is 3. The number of anilines is 1. The number of benzene rings is 2. The molecule has 3 N–H and O–H groups in total. The van der Waals surface area contributed by atoms with Crippen LogP contribution in [0.2, 0.25) is 0 Å². The summed E-state index contributed by atoms with van der Waals surface area (Å²) in [6.45, 7) is 2.22. The number of H-pyrrole nitrogens is 1. The zero-order valence-electron chi connectivity index (χ0n) is 19.9. The molecule has 2 aliphatic rings. The lowest BCUT2D eigenvalue weighted by Crippen LogP contribution is -2.41. The molecule has 34 heavy (non-hydrogen) atoms. The molecule has 3 aromatic rings. The van der Waals surface area contributed by atoms with Crippen molar-refractivity contribution in [3.05, 3.63) is 48.0 Å². The van der Waals surface area contributed by atoms with Crippen LogP contribution in [0.4, 0.5) is 5.69 Å². The summed E-state index contributed by atoms with van der Waals surface area (Å²) in [6.07, 6.45) is 10.2. The zero-order valence-corrected chi connectivity index (χ0v) is 19.9. The predicted octanol–water partition coefficient (Wildman–Crippen LogP) is 6.06. The van der Waals surface area contributed by atoms with Crippen molar-refractivity contribution in [3.63, 3.8) is 0 Å². The van der Waals surface area contributed by atoms with Gasteiger partial charge in [0.05, 0.1) is 11.0 Å². The first-order valence-electron chi connectivity index (χ1n) is 12.8. The first kappa shape index (κ1) is 22.6. The Bertz CT molecular complexity index is 1160. The van der Waals surface area contributed by atoms with Crippen LogP contribution in [0, 0.1) is 11.8 Å². The van der Waals surface area contributed by atoms with Crippen LogP contribution in [0.1, 0.15) is 75.1 Å². The van der Waals surface area contributed by atoms with Gasteiger partial charge in [0, 0.05) is 28.8 Å². The Morgan fingerprint density at radius 1 is 0.912 bits per heavy atom. The van der Waals surface area contributed by atoms with E-state index in [1.54, 1.807) is 0 Å². The molecule has 5 rings (SSSR count). The fraction of sp³-hybridized carbons (Fsp3) is 0.464. The highest BCUT2D eigenvalue weighted by molar-refractivity contribution is 5.98. The number of hydrogen-bond acceptors (Lipinski definition) is 3. The molecule has 178 valence electrons. The Morgan fingerprint density at radius 2 is 1.65 bits per heavy atom. The van der Waals surface area contributed by atoms with E-state index >= 15 is 0 Å². The lowest BCUT2D eigenvalue weighted by molar-refractivity contribution is -0.120. The summed E-state index contributed by atoms with van der Waals surface area (Å²) in [6, 6.07) is 13.7. The highest BCUT2D eigenvalue weighted by Crippen LogP contribution is 2.27. The molecule has 0 radical (unpaired) electrons. The summed E-state index contributed by atoms with van der Waals surface area (Å²) in [5.41, 5.74) is 4.07. The van der Waals surface area contributed by atoms with Crippen molar-refractivity contribution in [2.75, 3.05) is 5.32 Å². The van der Waals surface area contributed by atoms with Gasteiger partial charge in [-0.3, -0.25) is 9.59 Å². The number of nitrogens with one attached hydrogen (secondary N) is 3. The molecule has 0 aliphatic heterocycles. The lowest BCUT2D eigenvalue weighted by atomic mass is 9.86. The van der Waals surface area contributed by atoms with E-state index in [0.717, 1.165) is 60.2 Å². The van der Waals surface area contributed by atoms with Crippen LogP contribution in [-0.2, 0) is 4.79 Å². The second-order valence-corrected chi connectivity index (χ2v) is 10.1. The van der Waals surface area contributed by atoms with Crippen molar-refractivity contribution in [1.82, 2.24) is 15.3 Å². The fourth-order valence-corrected chi connectivity index (χ4v) is 5.39. The maximum Gasteiger partial charge on any atom is 0.251 e. The molecule has 2 amide bonds. The van der Waals surface area contributed by atoms with Crippen LogP contribution in [0.3, 0.4) is 0 Å². The molecule has 1 aromatic heterocycles. The molecule has 1 heterocycles. The zero-order chi connectivity index (χ0) is 23.5. The number of nitrogens with zero attached hydrogens (tertiary/aromatic N) is 1. The number of imidazole rings is 1. The topological polar surface area (TPSA) is 86.9 Å². The minimum Gasteiger partial charge on any atom is -0.349 e. The van der Waals surface area contributed by atoms with Crippen LogP contribution in [0.15, 0.2) is 42.5 Å². The Labute approximate surface area is 200 Å². The van der Waals surface area contributed by atoms with E-state index < -0.39 is 0 Å². The molecule has 2 atom stereocenters. The van der Waals surface area contributed by atoms with Gasteiger partial charge in [0.25, 0.3) is 5.91 Å². The number of rotatable bonds is 5. The van der Waals surface area contributed by atoms with Crippen LogP contribution >= 0.6 is 0 Å². The number of amides is 2. The van der Waals surface area contributed by atoms with Gasteiger partial charge in [0.1, 0.15) is 5.82 Å². The summed E-state index contributed by atoms with van der Waals surface area (Å²) in [7, 11) is 0. The summed E-state index contributed by atoms with van der Waals surface area (Å²) in [5, 5.41) is 6.29. The van der Waals surface area contributed by atoms with Crippen molar-refractivity contribution >= 4 is 28.5 Å². The van der Waals surface area contributed by atoms with Crippen molar-refractivity contribution in [1.29, 1.82) is 0 Å². The highest BCUT2D eigenvalue weighted by atomic mass is 16.2. The van der Waals surface area contributed by atoms with Crippen molar-refractivity contribution in [3.8, 4) is 11.4 Å². The van der Waals surface area contributed by atoms with E-state index in [1.165, 1.54) is 25.7 Å². The number of aromatic amines is 1. The molecule has 2 aliphatic carbocycles. The molecule has 0 bridgehead atoms. The first-order chi connectivity index (χ1) is 16.6. The van der Waals surface area contributed by atoms with Gasteiger partial charge < -0.3 is 15.6 Å². The second-order valence-electron chi connectivity index (χ2n) is 10.1. The van der Waals surface area contributed by atoms with Gasteiger partial charge in [-0.15, -0.1) is 0 Å². The van der Waals surface area contributed by atoms with E-state index in [1.807, 2.05) is 42.5 Å². The predicted molar refractivity (Wildman–Crippen MR) is 136 cm³/mol. The molecule has 2 saturated carbocycles. The second kappa shape index (κ2) is 10.00. The van der Waals surface area contributed by atoms with Crippen molar-refractivity contribution in [2.24, 2.45) is 11.8 Å². The average Bonchev–Trinajstić information content (AvgIpc) is 3.30. The van der Waals surface area contributed by atoms with Crippen LogP contribution in [-0.4, -0.2) is 27.8 Å². The van der Waals surface area contributed by atoms with Gasteiger partial charge >= 0.3 is 0 Å². The quantitative estimate of drug-likeness (QED) is 0.434. The minimum absolute atomic E-state index is 0.0186. The smallest absolute Gasteiger partial charge is 0.251 e. The molecular weight excluding hydrogens is 424 g/mol. The SMILES string of the molecule is CC1CCCCC1NC(=O)c1ccc2nc(-c3ccc(NC(=O)C4CCCCC4)cc3)[nH]c2c1. The van der Waals surface area contributed by atoms with Gasteiger partial charge in [-0.25, -0.2) is 4.98 Å². The van der Waals surface area contributed by atoms with Crippen LogP contribution in [0.25, 0.3) is 22.4 Å². The number of carbonyl (C=O) groups is 2. The maximum absolute atomic E-state index is 12.8. The largest absolute Gasteiger partial charge is 0.349 e. The summed E-state index contributed by atoms with van der Waals surface area (Å²) in [4.78, 5) is 33.4. The number of carbonyl (C=O) groups excluding carboxylic acids is 2. The summed E-state index contributed by atoms with van der Waals surface area (Å²) < 4.78 is 0. The highest BCUT2D eigenvalue weighted by Gasteiger charge is 2.24. The van der Waals surface area contributed by atoms with E-state index in [2.05, 4.69) is 22.5 Å². The lowest BCUT2D eigenvalue weighted by Gasteiger charge is -2.29. The molecule has 0 spiro atoms. The van der Waals surface area contributed by atoms with Crippen LogP contribution < -0.4 is 10.6 Å². The average molecular weight is 459 g/mol. The molecule has 2 unspecified atom stereocenters. The monoisotopic (exact) mass is 458 g/mol. The third kappa shape index (κ3) is 5.01. The summed E-state index contributed by atoms with van der Waals surface area (Å²) in [5.74, 6) is 1.52. The van der Waals surface area contributed by atoms with E-state index in [0.29, 0.717) is 11.5 Å². The molecule has 6 heteroatoms. The van der Waals surface area contributed by atoms with E-state index in [-0.39, 0.29) is 23.8 Å². The first-order valence-corrected chi connectivity index (χ1v) is 12.8.